The quantitative estimate of drug-likeness (QED) is 0.766. The highest BCUT2D eigenvalue weighted by Crippen LogP contribution is 2.39. The number of hydrogen-bond acceptors (Lipinski definition) is 1. The maximum atomic E-state index is 10.7. The third kappa shape index (κ3) is 3.02. The molecule has 0 aliphatic heterocycles. The summed E-state index contributed by atoms with van der Waals surface area (Å²) >= 11 is 0. The van der Waals surface area contributed by atoms with E-state index < -0.39 is 0 Å². The second-order valence-corrected chi connectivity index (χ2v) is 6.54. The molecule has 1 saturated carbocycles. The van der Waals surface area contributed by atoms with Crippen LogP contribution in [0.15, 0.2) is 24.3 Å². The van der Waals surface area contributed by atoms with E-state index in [0.29, 0.717) is 5.92 Å². The maximum Gasteiger partial charge on any atom is 0.0820 e. The van der Waals surface area contributed by atoms with Crippen molar-refractivity contribution >= 4 is 0 Å². The number of benzene rings is 1. The van der Waals surface area contributed by atoms with Crippen LogP contribution in [0, 0.1) is 11.8 Å². The lowest BCUT2D eigenvalue weighted by molar-refractivity contribution is 0.0835. The largest absolute Gasteiger partial charge is 0.388 e. The Morgan fingerprint density at radius 3 is 2.58 bits per heavy atom. The first-order valence-electron chi connectivity index (χ1n) is 8.10. The molecule has 0 aromatic heterocycles. The van der Waals surface area contributed by atoms with E-state index in [2.05, 4.69) is 24.3 Å². The summed E-state index contributed by atoms with van der Waals surface area (Å²) in [6.45, 7) is 0. The fourth-order valence-electron chi connectivity index (χ4n) is 4.11. The van der Waals surface area contributed by atoms with Gasteiger partial charge in [0.2, 0.25) is 0 Å². The molecule has 0 spiro atoms. The molecule has 1 heteroatoms. The van der Waals surface area contributed by atoms with Crippen molar-refractivity contribution < 1.29 is 5.11 Å². The lowest BCUT2D eigenvalue weighted by Gasteiger charge is -2.29. The monoisotopic (exact) mass is 258 g/mol. The number of rotatable bonds is 2. The Balaban J connectivity index is 1.72. The fourth-order valence-corrected chi connectivity index (χ4v) is 4.11. The van der Waals surface area contributed by atoms with Crippen LogP contribution in [0.25, 0.3) is 0 Å². The first kappa shape index (κ1) is 13.2. The van der Waals surface area contributed by atoms with Crippen molar-refractivity contribution in [1.29, 1.82) is 0 Å². The van der Waals surface area contributed by atoms with Crippen LogP contribution >= 0.6 is 0 Å². The van der Waals surface area contributed by atoms with Crippen LogP contribution in [-0.2, 0) is 6.42 Å². The molecule has 19 heavy (non-hydrogen) atoms. The molecule has 0 bridgehead atoms. The first-order chi connectivity index (χ1) is 9.34. The van der Waals surface area contributed by atoms with E-state index in [1.54, 1.807) is 0 Å². The summed E-state index contributed by atoms with van der Waals surface area (Å²) in [6, 6.07) is 8.51. The van der Waals surface area contributed by atoms with Crippen LogP contribution < -0.4 is 0 Å². The van der Waals surface area contributed by atoms with Gasteiger partial charge in [0.1, 0.15) is 0 Å². The number of aliphatic hydroxyl groups excluding tert-OH is 1. The van der Waals surface area contributed by atoms with Crippen molar-refractivity contribution in [3.8, 4) is 0 Å². The smallest absolute Gasteiger partial charge is 0.0820 e. The van der Waals surface area contributed by atoms with Gasteiger partial charge >= 0.3 is 0 Å². The van der Waals surface area contributed by atoms with E-state index in [4.69, 9.17) is 0 Å². The third-order valence-corrected chi connectivity index (χ3v) is 5.20. The Labute approximate surface area is 117 Å². The molecule has 1 fully saturated rings. The molecule has 0 radical (unpaired) electrons. The predicted molar refractivity (Wildman–Crippen MR) is 79.0 cm³/mol. The predicted octanol–water partition coefficient (Wildman–Crippen LogP) is 4.64. The van der Waals surface area contributed by atoms with Gasteiger partial charge in [-0.1, -0.05) is 56.4 Å². The summed E-state index contributed by atoms with van der Waals surface area (Å²) in [7, 11) is 0. The van der Waals surface area contributed by atoms with E-state index in [1.165, 1.54) is 62.5 Å². The van der Waals surface area contributed by atoms with Crippen LogP contribution in [0.5, 0.6) is 0 Å². The van der Waals surface area contributed by atoms with Gasteiger partial charge in [-0.2, -0.15) is 0 Å². The van der Waals surface area contributed by atoms with Crippen molar-refractivity contribution in [3.05, 3.63) is 35.4 Å². The normalized spacial score (nSPS) is 28.7. The van der Waals surface area contributed by atoms with Gasteiger partial charge in [0.25, 0.3) is 0 Å². The van der Waals surface area contributed by atoms with Gasteiger partial charge in [-0.05, 0) is 48.6 Å². The van der Waals surface area contributed by atoms with Gasteiger partial charge in [-0.15, -0.1) is 0 Å². The first-order valence-corrected chi connectivity index (χ1v) is 8.10. The number of aliphatic hydroxyl groups is 1. The zero-order valence-electron chi connectivity index (χ0n) is 11.9. The number of fused-ring (bicyclic) bond motifs is 1. The van der Waals surface area contributed by atoms with Gasteiger partial charge in [0, 0.05) is 0 Å². The second kappa shape index (κ2) is 6.09. The number of hydrogen-bond donors (Lipinski definition) is 1. The van der Waals surface area contributed by atoms with Gasteiger partial charge in [0.05, 0.1) is 6.10 Å². The molecule has 1 aromatic carbocycles. The maximum absolute atomic E-state index is 10.7. The average molecular weight is 258 g/mol. The molecule has 2 aliphatic rings. The number of aryl methyl sites for hydroxylation is 1. The molecule has 1 N–H and O–H groups in total. The van der Waals surface area contributed by atoms with Crippen LogP contribution in [0.4, 0.5) is 0 Å². The van der Waals surface area contributed by atoms with Crippen molar-refractivity contribution in [2.75, 3.05) is 0 Å². The topological polar surface area (TPSA) is 20.2 Å². The Morgan fingerprint density at radius 1 is 0.947 bits per heavy atom. The Morgan fingerprint density at radius 2 is 1.74 bits per heavy atom. The standard InChI is InChI=1S/C18H26O/c19-18-16(13-14-7-2-1-3-8-14)11-6-10-15-9-4-5-12-17(15)18/h4-5,9,12,14,16,18-19H,1-3,6-8,10-11,13H2. The molecule has 2 aliphatic carbocycles. The zero-order chi connectivity index (χ0) is 13.1. The Bertz CT molecular complexity index is 406. The van der Waals surface area contributed by atoms with E-state index in [-0.39, 0.29) is 6.10 Å². The summed E-state index contributed by atoms with van der Waals surface area (Å²) in [6.07, 6.45) is 11.6. The lowest BCUT2D eigenvalue weighted by Crippen LogP contribution is -2.18. The van der Waals surface area contributed by atoms with E-state index in [9.17, 15) is 5.11 Å². The second-order valence-electron chi connectivity index (χ2n) is 6.54. The minimum absolute atomic E-state index is 0.222. The lowest BCUT2D eigenvalue weighted by atomic mass is 9.79. The molecule has 1 nitrogen and oxygen atoms in total. The van der Waals surface area contributed by atoms with E-state index >= 15 is 0 Å². The summed E-state index contributed by atoms with van der Waals surface area (Å²) < 4.78 is 0. The van der Waals surface area contributed by atoms with E-state index in [1.807, 2.05) is 0 Å². The third-order valence-electron chi connectivity index (χ3n) is 5.20. The summed E-state index contributed by atoms with van der Waals surface area (Å²) in [5, 5.41) is 10.7. The molecule has 0 saturated heterocycles. The molecule has 2 atom stereocenters. The van der Waals surface area contributed by atoms with Gasteiger partial charge in [-0.3, -0.25) is 0 Å². The highest BCUT2D eigenvalue weighted by Gasteiger charge is 2.28. The van der Waals surface area contributed by atoms with Crippen molar-refractivity contribution in [1.82, 2.24) is 0 Å². The van der Waals surface area contributed by atoms with E-state index in [0.717, 1.165) is 12.3 Å². The Kier molecular flexibility index (Phi) is 4.22. The molecular weight excluding hydrogens is 232 g/mol. The summed E-state index contributed by atoms with van der Waals surface area (Å²) in [4.78, 5) is 0. The van der Waals surface area contributed by atoms with Crippen LogP contribution in [-0.4, -0.2) is 5.11 Å². The van der Waals surface area contributed by atoms with Crippen LogP contribution in [0.2, 0.25) is 0 Å². The SMILES string of the molecule is OC1c2ccccc2CCCC1CC1CCCCC1. The molecular formula is C18H26O. The molecule has 2 unspecified atom stereocenters. The van der Waals surface area contributed by atoms with Gasteiger partial charge in [-0.25, -0.2) is 0 Å². The van der Waals surface area contributed by atoms with Gasteiger partial charge in [0.15, 0.2) is 0 Å². The highest BCUT2D eigenvalue weighted by atomic mass is 16.3. The van der Waals surface area contributed by atoms with Crippen molar-refractivity contribution in [2.45, 2.75) is 63.9 Å². The minimum atomic E-state index is -0.222. The fraction of sp³-hybridized carbons (Fsp3) is 0.667. The Hall–Kier alpha value is -0.820. The molecule has 3 rings (SSSR count). The summed E-state index contributed by atoms with van der Waals surface area (Å²) in [5.74, 6) is 1.37. The van der Waals surface area contributed by atoms with Crippen LogP contribution in [0.1, 0.15) is 68.6 Å². The average Bonchev–Trinajstić information content (AvgIpc) is 2.61. The van der Waals surface area contributed by atoms with Gasteiger partial charge < -0.3 is 5.11 Å². The molecule has 0 heterocycles. The summed E-state index contributed by atoms with van der Waals surface area (Å²) in [5.41, 5.74) is 2.59. The molecule has 1 aromatic rings. The minimum Gasteiger partial charge on any atom is -0.388 e. The highest BCUT2D eigenvalue weighted by molar-refractivity contribution is 5.30. The zero-order valence-corrected chi connectivity index (χ0v) is 11.9. The van der Waals surface area contributed by atoms with Crippen molar-refractivity contribution in [2.24, 2.45) is 11.8 Å². The van der Waals surface area contributed by atoms with Crippen LogP contribution in [0.3, 0.4) is 0 Å². The molecule has 104 valence electrons. The molecule has 0 amide bonds. The van der Waals surface area contributed by atoms with Crippen molar-refractivity contribution in [3.63, 3.8) is 0 Å².